The average Bonchev–Trinajstić information content (AvgIpc) is 3.21. The van der Waals surface area contributed by atoms with Gasteiger partial charge in [-0.15, -0.1) is 12.4 Å². The van der Waals surface area contributed by atoms with Crippen LogP contribution in [0.2, 0.25) is 5.02 Å². The predicted molar refractivity (Wildman–Crippen MR) is 105 cm³/mol. The fourth-order valence-electron chi connectivity index (χ4n) is 3.04. The zero-order valence-corrected chi connectivity index (χ0v) is 16.1. The molecule has 1 aromatic carbocycles. The first-order valence-corrected chi connectivity index (χ1v) is 9.20. The number of benzene rings is 1. The molecule has 2 aromatic rings. The number of nitro groups is 1. The van der Waals surface area contributed by atoms with E-state index >= 15 is 0 Å². The summed E-state index contributed by atoms with van der Waals surface area (Å²) in [5, 5.41) is 15.2. The van der Waals surface area contributed by atoms with Gasteiger partial charge in [0.25, 0.3) is 0 Å². The van der Waals surface area contributed by atoms with Gasteiger partial charge in [-0.1, -0.05) is 35.1 Å². The number of rotatable bonds is 7. The van der Waals surface area contributed by atoms with Crippen LogP contribution < -0.4 is 5.32 Å². The Morgan fingerprint density at radius 3 is 2.60 bits per heavy atom. The number of nitrogens with one attached hydrogen (secondary N) is 1. The summed E-state index contributed by atoms with van der Waals surface area (Å²) in [6.07, 6.45) is 1.18. The van der Waals surface area contributed by atoms with Crippen molar-refractivity contribution in [1.29, 1.82) is 0 Å². The van der Waals surface area contributed by atoms with Crippen LogP contribution in [0.3, 0.4) is 0 Å². The van der Waals surface area contributed by atoms with Gasteiger partial charge in [-0.25, -0.2) is 0 Å². The Kier molecular flexibility index (Phi) is 7.65. The highest BCUT2D eigenvalue weighted by Crippen LogP contribution is 2.26. The van der Waals surface area contributed by atoms with E-state index in [0.717, 1.165) is 42.6 Å². The van der Waals surface area contributed by atoms with Gasteiger partial charge < -0.3 is 5.32 Å². The van der Waals surface area contributed by atoms with Gasteiger partial charge in [-0.2, -0.15) is 0 Å². The van der Waals surface area contributed by atoms with Crippen LogP contribution in [0, 0.1) is 16.0 Å². The van der Waals surface area contributed by atoms with Crippen LogP contribution in [0.5, 0.6) is 0 Å². The number of hydrogen-bond donors (Lipinski definition) is 1. The lowest BCUT2D eigenvalue weighted by Gasteiger charge is -2.25. The molecule has 0 aliphatic carbocycles. The van der Waals surface area contributed by atoms with Gasteiger partial charge in [0.05, 0.1) is 4.92 Å². The highest BCUT2D eigenvalue weighted by atomic mass is 35.5. The molecule has 1 N–H and O–H groups in total. The van der Waals surface area contributed by atoms with E-state index in [-0.39, 0.29) is 22.3 Å². The Labute approximate surface area is 162 Å². The summed E-state index contributed by atoms with van der Waals surface area (Å²) in [6, 6.07) is 11.4. The van der Waals surface area contributed by atoms with Gasteiger partial charge in [-0.05, 0) is 49.2 Å². The van der Waals surface area contributed by atoms with E-state index < -0.39 is 0 Å². The summed E-state index contributed by atoms with van der Waals surface area (Å²) < 4.78 is 0. The Hall–Kier alpha value is -1.18. The molecule has 0 radical (unpaired) electrons. The maximum absolute atomic E-state index is 10.9. The fourth-order valence-corrected chi connectivity index (χ4v) is 4.03. The highest BCUT2D eigenvalue weighted by molar-refractivity contribution is 7.15. The molecule has 25 heavy (non-hydrogen) atoms. The second kappa shape index (κ2) is 9.50. The first-order chi connectivity index (χ1) is 11.6. The van der Waals surface area contributed by atoms with Crippen LogP contribution in [0.25, 0.3) is 0 Å². The van der Waals surface area contributed by atoms with Gasteiger partial charge >= 0.3 is 5.00 Å². The third-order valence-electron chi connectivity index (χ3n) is 4.21. The first kappa shape index (κ1) is 20.1. The first-order valence-electron chi connectivity index (χ1n) is 8.01. The fraction of sp³-hybridized carbons (Fsp3) is 0.412. The van der Waals surface area contributed by atoms with Gasteiger partial charge in [0.1, 0.15) is 0 Å². The summed E-state index contributed by atoms with van der Waals surface area (Å²) >= 11 is 7.23. The van der Waals surface area contributed by atoms with E-state index in [1.165, 1.54) is 23.3 Å². The molecular weight excluding hydrogens is 381 g/mol. The normalized spacial score (nSPS) is 16.8. The molecule has 0 spiro atoms. The summed E-state index contributed by atoms with van der Waals surface area (Å²) in [5.74, 6) is 0.632. The molecule has 2 heterocycles. The number of nitrogens with zero attached hydrogens (tertiary/aromatic N) is 2. The minimum atomic E-state index is -0.321. The molecule has 1 aliphatic rings. The molecule has 5 nitrogen and oxygen atoms in total. The summed E-state index contributed by atoms with van der Waals surface area (Å²) in [6.45, 7) is 4.66. The molecule has 136 valence electrons. The van der Waals surface area contributed by atoms with Crippen molar-refractivity contribution in [3.8, 4) is 0 Å². The van der Waals surface area contributed by atoms with Gasteiger partial charge in [0.15, 0.2) is 0 Å². The molecule has 1 fully saturated rings. The molecule has 8 heteroatoms. The van der Waals surface area contributed by atoms with Crippen molar-refractivity contribution in [2.24, 2.45) is 5.92 Å². The van der Waals surface area contributed by atoms with E-state index in [1.807, 2.05) is 30.3 Å². The second-order valence-corrected chi connectivity index (χ2v) is 7.74. The maximum Gasteiger partial charge on any atom is 0.324 e. The molecule has 1 saturated heterocycles. The lowest BCUT2D eigenvalue weighted by Crippen LogP contribution is -2.29. The predicted octanol–water partition coefficient (Wildman–Crippen LogP) is 4.34. The quantitative estimate of drug-likeness (QED) is 0.553. The van der Waals surface area contributed by atoms with Crippen LogP contribution in [0.4, 0.5) is 5.00 Å². The number of halogens is 2. The van der Waals surface area contributed by atoms with Gasteiger partial charge in [0.2, 0.25) is 0 Å². The van der Waals surface area contributed by atoms with Crippen molar-refractivity contribution >= 4 is 40.3 Å². The van der Waals surface area contributed by atoms with Crippen molar-refractivity contribution in [3.05, 3.63) is 62.0 Å². The van der Waals surface area contributed by atoms with Crippen LogP contribution in [-0.2, 0) is 13.1 Å². The SMILES string of the molecule is Cl.O=[N+]([O-])c1ccc(CN(Cc2ccc(Cl)cc2)C[C@@H]2CCNC2)s1. The smallest absolute Gasteiger partial charge is 0.316 e. The van der Waals surface area contributed by atoms with E-state index in [2.05, 4.69) is 10.2 Å². The largest absolute Gasteiger partial charge is 0.324 e. The van der Waals surface area contributed by atoms with Crippen molar-refractivity contribution in [2.75, 3.05) is 19.6 Å². The topological polar surface area (TPSA) is 58.4 Å². The van der Waals surface area contributed by atoms with Crippen molar-refractivity contribution in [1.82, 2.24) is 10.2 Å². The monoisotopic (exact) mass is 401 g/mol. The van der Waals surface area contributed by atoms with E-state index in [9.17, 15) is 10.1 Å². The molecular formula is C17H21Cl2N3O2S. The molecule has 0 amide bonds. The lowest BCUT2D eigenvalue weighted by atomic mass is 10.1. The van der Waals surface area contributed by atoms with Crippen LogP contribution >= 0.6 is 35.3 Å². The Bertz CT molecular complexity index is 687. The lowest BCUT2D eigenvalue weighted by molar-refractivity contribution is -0.380. The summed E-state index contributed by atoms with van der Waals surface area (Å²) in [4.78, 5) is 14.0. The molecule has 1 aromatic heterocycles. The minimum absolute atomic E-state index is 0. The summed E-state index contributed by atoms with van der Waals surface area (Å²) in [5.41, 5.74) is 1.21. The zero-order chi connectivity index (χ0) is 16.9. The zero-order valence-electron chi connectivity index (χ0n) is 13.7. The Morgan fingerprint density at radius 2 is 2.00 bits per heavy atom. The van der Waals surface area contributed by atoms with Gasteiger partial charge in [-0.3, -0.25) is 15.0 Å². The summed E-state index contributed by atoms with van der Waals surface area (Å²) in [7, 11) is 0. The highest BCUT2D eigenvalue weighted by Gasteiger charge is 2.20. The second-order valence-electron chi connectivity index (χ2n) is 6.15. The third kappa shape index (κ3) is 5.94. The van der Waals surface area contributed by atoms with E-state index in [0.29, 0.717) is 5.92 Å². The van der Waals surface area contributed by atoms with E-state index in [4.69, 9.17) is 11.6 Å². The molecule has 3 rings (SSSR count). The van der Waals surface area contributed by atoms with Crippen LogP contribution in [0.1, 0.15) is 16.9 Å². The van der Waals surface area contributed by atoms with Gasteiger partial charge in [0, 0.05) is 35.6 Å². The molecule has 1 atom stereocenters. The van der Waals surface area contributed by atoms with Crippen molar-refractivity contribution < 1.29 is 4.92 Å². The van der Waals surface area contributed by atoms with Crippen LogP contribution in [0.15, 0.2) is 36.4 Å². The maximum atomic E-state index is 10.9. The molecule has 0 unspecified atom stereocenters. The standard InChI is InChI=1S/C17H20ClN3O2S.ClH/c18-15-3-1-13(2-4-15)10-20(11-14-7-8-19-9-14)12-16-5-6-17(24-16)21(22)23;/h1-6,14,19H,7-12H2;1H/t14-;/m1./s1. The van der Waals surface area contributed by atoms with E-state index in [1.54, 1.807) is 6.07 Å². The number of hydrogen-bond acceptors (Lipinski definition) is 5. The average molecular weight is 402 g/mol. The Morgan fingerprint density at radius 1 is 1.24 bits per heavy atom. The Balaban J connectivity index is 0.00000225. The van der Waals surface area contributed by atoms with Crippen molar-refractivity contribution in [2.45, 2.75) is 19.5 Å². The molecule has 0 saturated carbocycles. The minimum Gasteiger partial charge on any atom is -0.316 e. The third-order valence-corrected chi connectivity index (χ3v) is 5.48. The van der Waals surface area contributed by atoms with Crippen LogP contribution in [-0.4, -0.2) is 29.5 Å². The molecule has 1 aliphatic heterocycles. The number of thiophene rings is 1. The molecule has 0 bridgehead atoms. The van der Waals surface area contributed by atoms with Crippen molar-refractivity contribution in [3.63, 3.8) is 0 Å².